The number of amides is 1. The summed E-state index contributed by atoms with van der Waals surface area (Å²) in [5.41, 5.74) is 5.60. The predicted molar refractivity (Wildman–Crippen MR) is 64.7 cm³/mol. The highest BCUT2D eigenvalue weighted by molar-refractivity contribution is 5.79. The molecule has 3 N–H and O–H groups in total. The third kappa shape index (κ3) is 3.92. The van der Waals surface area contributed by atoms with Crippen LogP contribution in [0.25, 0.3) is 0 Å². The molecule has 0 aromatic carbocycles. The topological polar surface area (TPSA) is 70.8 Å². The lowest BCUT2D eigenvalue weighted by atomic mass is 10.2. The van der Waals surface area contributed by atoms with E-state index in [0.717, 1.165) is 45.9 Å². The summed E-state index contributed by atoms with van der Waals surface area (Å²) in [6.07, 6.45) is 0. The molecule has 0 aromatic heterocycles. The summed E-state index contributed by atoms with van der Waals surface area (Å²) in [6, 6.07) is 0.112. The van der Waals surface area contributed by atoms with Gasteiger partial charge < -0.3 is 15.8 Å². The maximum Gasteiger partial charge on any atom is 0.234 e. The third-order valence-electron chi connectivity index (χ3n) is 3.33. The Hall–Kier alpha value is -0.690. The number of hydrogen-bond acceptors (Lipinski definition) is 5. The Morgan fingerprint density at radius 3 is 2.71 bits per heavy atom. The Labute approximate surface area is 102 Å². The van der Waals surface area contributed by atoms with E-state index in [4.69, 9.17) is 10.5 Å². The van der Waals surface area contributed by atoms with Crippen molar-refractivity contribution in [2.45, 2.75) is 6.04 Å². The molecule has 2 aliphatic heterocycles. The molecule has 0 aliphatic carbocycles. The van der Waals surface area contributed by atoms with E-state index in [0.29, 0.717) is 13.1 Å². The van der Waals surface area contributed by atoms with Gasteiger partial charge in [0, 0.05) is 39.3 Å². The molecule has 6 nitrogen and oxygen atoms in total. The molecule has 2 rings (SSSR count). The van der Waals surface area contributed by atoms with E-state index in [2.05, 4.69) is 15.1 Å². The molecule has 6 heteroatoms. The maximum atomic E-state index is 11.5. The van der Waals surface area contributed by atoms with Gasteiger partial charge in [0.25, 0.3) is 0 Å². The molecule has 2 aliphatic rings. The summed E-state index contributed by atoms with van der Waals surface area (Å²) in [4.78, 5) is 16.0. The molecule has 0 aromatic rings. The molecule has 0 bridgehead atoms. The van der Waals surface area contributed by atoms with Crippen LogP contribution in [0, 0.1) is 0 Å². The number of piperazine rings is 1. The van der Waals surface area contributed by atoms with Crippen LogP contribution in [-0.4, -0.2) is 80.8 Å². The van der Waals surface area contributed by atoms with Crippen LogP contribution >= 0.6 is 0 Å². The van der Waals surface area contributed by atoms with E-state index in [9.17, 15) is 4.79 Å². The highest BCUT2D eigenvalue weighted by Crippen LogP contribution is 2.01. The zero-order valence-corrected chi connectivity index (χ0v) is 10.2. The molecule has 0 spiro atoms. The minimum atomic E-state index is 0.0914. The largest absolute Gasteiger partial charge is 0.379 e. The fourth-order valence-corrected chi connectivity index (χ4v) is 2.31. The number of ether oxygens (including phenoxy) is 1. The van der Waals surface area contributed by atoms with Crippen molar-refractivity contribution >= 4 is 5.91 Å². The zero-order valence-electron chi connectivity index (χ0n) is 10.2. The minimum Gasteiger partial charge on any atom is -0.379 e. The highest BCUT2D eigenvalue weighted by atomic mass is 16.5. The molecule has 1 unspecified atom stereocenters. The van der Waals surface area contributed by atoms with Gasteiger partial charge in [-0.25, -0.2) is 0 Å². The molecule has 2 fully saturated rings. The van der Waals surface area contributed by atoms with Gasteiger partial charge in [0.15, 0.2) is 0 Å². The van der Waals surface area contributed by atoms with Crippen LogP contribution in [0.15, 0.2) is 0 Å². The van der Waals surface area contributed by atoms with E-state index in [1.807, 2.05) is 0 Å². The average Bonchev–Trinajstić information content (AvgIpc) is 2.37. The van der Waals surface area contributed by atoms with Crippen LogP contribution < -0.4 is 11.1 Å². The number of nitrogens with zero attached hydrogens (tertiary/aromatic N) is 2. The van der Waals surface area contributed by atoms with E-state index in [1.54, 1.807) is 0 Å². The molecule has 0 radical (unpaired) electrons. The number of nitrogens with one attached hydrogen (secondary N) is 1. The Bertz CT molecular complexity index is 256. The van der Waals surface area contributed by atoms with Gasteiger partial charge in [-0.3, -0.25) is 14.6 Å². The molecule has 0 saturated carbocycles. The van der Waals surface area contributed by atoms with Gasteiger partial charge in [0.2, 0.25) is 5.91 Å². The van der Waals surface area contributed by atoms with Crippen LogP contribution in [-0.2, 0) is 9.53 Å². The molecule has 98 valence electrons. The molecule has 1 atom stereocenters. The molecule has 2 saturated heterocycles. The summed E-state index contributed by atoms with van der Waals surface area (Å²) in [5.74, 6) is 0.0914. The Morgan fingerprint density at radius 1 is 1.29 bits per heavy atom. The smallest absolute Gasteiger partial charge is 0.234 e. The number of morpholine rings is 1. The van der Waals surface area contributed by atoms with Crippen LogP contribution in [0.2, 0.25) is 0 Å². The van der Waals surface area contributed by atoms with Gasteiger partial charge in [-0.05, 0) is 0 Å². The van der Waals surface area contributed by atoms with E-state index >= 15 is 0 Å². The summed E-state index contributed by atoms with van der Waals surface area (Å²) >= 11 is 0. The number of rotatable bonds is 4. The second kappa shape index (κ2) is 6.30. The van der Waals surface area contributed by atoms with Crippen molar-refractivity contribution in [3.8, 4) is 0 Å². The minimum absolute atomic E-state index is 0.0914. The Kier molecular flexibility index (Phi) is 4.73. The zero-order chi connectivity index (χ0) is 12.1. The van der Waals surface area contributed by atoms with Gasteiger partial charge in [-0.1, -0.05) is 0 Å². The van der Waals surface area contributed by atoms with Crippen molar-refractivity contribution in [2.24, 2.45) is 5.73 Å². The lowest BCUT2D eigenvalue weighted by molar-refractivity contribution is -0.125. The van der Waals surface area contributed by atoms with Gasteiger partial charge in [-0.2, -0.15) is 0 Å². The quantitative estimate of drug-likeness (QED) is 0.601. The molecule has 1 amide bonds. The Balaban J connectivity index is 1.72. The predicted octanol–water partition coefficient (Wildman–Crippen LogP) is -1.92. The summed E-state index contributed by atoms with van der Waals surface area (Å²) in [6.45, 7) is 7.48. The number of nitrogens with two attached hydrogens (primary N) is 1. The molecular formula is C11H22N4O2. The van der Waals surface area contributed by atoms with Crippen LogP contribution in [0.5, 0.6) is 0 Å². The fourth-order valence-electron chi connectivity index (χ4n) is 2.31. The van der Waals surface area contributed by atoms with Crippen molar-refractivity contribution in [3.63, 3.8) is 0 Å². The fraction of sp³-hybridized carbons (Fsp3) is 0.909. The van der Waals surface area contributed by atoms with Gasteiger partial charge in [0.05, 0.1) is 25.8 Å². The van der Waals surface area contributed by atoms with Crippen molar-refractivity contribution in [3.05, 3.63) is 0 Å². The van der Waals surface area contributed by atoms with Gasteiger partial charge in [-0.15, -0.1) is 0 Å². The SMILES string of the molecule is NCC1CN(CCN2CCOCC2)CC(=O)N1. The van der Waals surface area contributed by atoms with Crippen molar-refractivity contribution in [1.29, 1.82) is 0 Å². The monoisotopic (exact) mass is 242 g/mol. The lowest BCUT2D eigenvalue weighted by Gasteiger charge is -2.34. The third-order valence-corrected chi connectivity index (χ3v) is 3.33. The number of carbonyl (C=O) groups is 1. The average molecular weight is 242 g/mol. The highest BCUT2D eigenvalue weighted by Gasteiger charge is 2.23. The lowest BCUT2D eigenvalue weighted by Crippen LogP contribution is -2.57. The van der Waals surface area contributed by atoms with Crippen LogP contribution in [0.4, 0.5) is 0 Å². The van der Waals surface area contributed by atoms with Crippen molar-refractivity contribution in [2.75, 3.05) is 59.0 Å². The van der Waals surface area contributed by atoms with E-state index in [1.165, 1.54) is 0 Å². The van der Waals surface area contributed by atoms with Crippen LogP contribution in [0.1, 0.15) is 0 Å². The van der Waals surface area contributed by atoms with Crippen molar-refractivity contribution in [1.82, 2.24) is 15.1 Å². The second-order valence-corrected chi connectivity index (χ2v) is 4.69. The number of carbonyl (C=O) groups excluding carboxylic acids is 1. The second-order valence-electron chi connectivity index (χ2n) is 4.69. The van der Waals surface area contributed by atoms with Crippen molar-refractivity contribution < 1.29 is 9.53 Å². The molecule has 17 heavy (non-hydrogen) atoms. The Morgan fingerprint density at radius 2 is 2.00 bits per heavy atom. The summed E-state index contributed by atoms with van der Waals surface area (Å²) in [7, 11) is 0. The summed E-state index contributed by atoms with van der Waals surface area (Å²) in [5, 5.41) is 2.89. The normalized spacial score (nSPS) is 28.1. The van der Waals surface area contributed by atoms with E-state index in [-0.39, 0.29) is 11.9 Å². The first-order valence-electron chi connectivity index (χ1n) is 6.30. The standard InChI is InChI=1S/C11H22N4O2/c12-7-10-8-15(9-11(16)13-10)2-1-14-3-5-17-6-4-14/h10H,1-9,12H2,(H,13,16). The number of hydrogen-bond donors (Lipinski definition) is 2. The van der Waals surface area contributed by atoms with Gasteiger partial charge >= 0.3 is 0 Å². The summed E-state index contributed by atoms with van der Waals surface area (Å²) < 4.78 is 5.31. The molecule has 2 heterocycles. The first-order valence-corrected chi connectivity index (χ1v) is 6.30. The molecular weight excluding hydrogens is 220 g/mol. The van der Waals surface area contributed by atoms with Gasteiger partial charge in [0.1, 0.15) is 0 Å². The van der Waals surface area contributed by atoms with Crippen LogP contribution in [0.3, 0.4) is 0 Å². The first kappa shape index (κ1) is 12.8. The first-order chi connectivity index (χ1) is 8.28. The maximum absolute atomic E-state index is 11.5. The van der Waals surface area contributed by atoms with E-state index < -0.39 is 0 Å².